The fourth-order valence-electron chi connectivity index (χ4n) is 2.32. The van der Waals surface area contributed by atoms with Crippen molar-refractivity contribution < 1.29 is 19.1 Å². The van der Waals surface area contributed by atoms with Gasteiger partial charge in [0.25, 0.3) is 5.91 Å². The quantitative estimate of drug-likeness (QED) is 0.737. The summed E-state index contributed by atoms with van der Waals surface area (Å²) in [4.78, 5) is 25.9. The van der Waals surface area contributed by atoms with Gasteiger partial charge < -0.3 is 19.7 Å². The lowest BCUT2D eigenvalue weighted by Gasteiger charge is -2.27. The number of likely N-dealkylation sites (N-methyl/N-ethyl adjacent to an activating group) is 1. The average molecular weight is 336 g/mol. The Balaban J connectivity index is 2.80. The van der Waals surface area contributed by atoms with E-state index in [2.05, 4.69) is 5.32 Å². The second-order valence-corrected chi connectivity index (χ2v) is 5.87. The number of carbonyl (C=O) groups excluding carboxylic acids is 2. The van der Waals surface area contributed by atoms with E-state index in [1.54, 1.807) is 25.8 Å². The molecule has 0 heterocycles. The van der Waals surface area contributed by atoms with Crippen LogP contribution in [0, 0.1) is 0 Å². The summed E-state index contributed by atoms with van der Waals surface area (Å²) in [5, 5.41) is 2.96. The summed E-state index contributed by atoms with van der Waals surface area (Å²) in [5.74, 6) is -0.316. The molecule has 1 aromatic rings. The monoisotopic (exact) mass is 336 g/mol. The third-order valence-electron chi connectivity index (χ3n) is 3.97. The van der Waals surface area contributed by atoms with Gasteiger partial charge in [-0.05, 0) is 25.8 Å². The molecule has 3 atom stereocenters. The molecule has 1 aromatic carbocycles. The number of carbonyl (C=O) groups is 2. The number of hydrogen-bond acceptors (Lipinski definition) is 4. The van der Waals surface area contributed by atoms with Crippen molar-refractivity contribution in [2.75, 3.05) is 27.8 Å². The van der Waals surface area contributed by atoms with Gasteiger partial charge in [0.1, 0.15) is 12.2 Å². The van der Waals surface area contributed by atoms with E-state index in [0.29, 0.717) is 13.0 Å². The molecular weight excluding hydrogens is 308 g/mol. The van der Waals surface area contributed by atoms with Gasteiger partial charge in [0.15, 0.2) is 0 Å². The third-order valence-corrected chi connectivity index (χ3v) is 3.97. The van der Waals surface area contributed by atoms with E-state index in [1.807, 2.05) is 30.3 Å². The van der Waals surface area contributed by atoms with E-state index in [0.717, 1.165) is 5.56 Å². The summed E-state index contributed by atoms with van der Waals surface area (Å²) in [7, 11) is 4.70. The molecule has 0 fully saturated rings. The Kier molecular flexibility index (Phi) is 8.43. The van der Waals surface area contributed by atoms with Gasteiger partial charge in [-0.25, -0.2) is 0 Å². The number of methoxy groups -OCH3 is 2. The molecule has 0 aliphatic rings. The van der Waals surface area contributed by atoms with E-state index >= 15 is 0 Å². The first-order valence-corrected chi connectivity index (χ1v) is 8.03. The molecule has 0 aliphatic heterocycles. The second-order valence-electron chi connectivity index (χ2n) is 5.87. The Labute approximate surface area is 144 Å². The van der Waals surface area contributed by atoms with Gasteiger partial charge in [-0.15, -0.1) is 0 Å². The first-order valence-electron chi connectivity index (χ1n) is 8.03. The summed E-state index contributed by atoms with van der Waals surface area (Å²) in [6.07, 6.45) is -0.426. The van der Waals surface area contributed by atoms with Crippen molar-refractivity contribution in [3.8, 4) is 0 Å². The first-order chi connectivity index (χ1) is 11.4. The number of nitrogens with one attached hydrogen (secondary N) is 1. The molecule has 0 saturated heterocycles. The molecule has 6 heteroatoms. The Hall–Kier alpha value is -1.92. The van der Waals surface area contributed by atoms with E-state index in [4.69, 9.17) is 9.47 Å². The van der Waals surface area contributed by atoms with Crippen molar-refractivity contribution in [3.05, 3.63) is 35.9 Å². The SMILES string of the molecule is CO[C@@H](C)C(=O)N(C)C[C@@H](Cc1ccccc1)NC(=O)[C@@H](C)OC. The fourth-order valence-corrected chi connectivity index (χ4v) is 2.32. The molecular formula is C18H28N2O4. The lowest BCUT2D eigenvalue weighted by atomic mass is 10.0. The fraction of sp³-hybridized carbons (Fsp3) is 0.556. The minimum atomic E-state index is -0.540. The molecule has 134 valence electrons. The van der Waals surface area contributed by atoms with Gasteiger partial charge in [-0.1, -0.05) is 30.3 Å². The Morgan fingerprint density at radius 3 is 2.21 bits per heavy atom. The van der Waals surface area contributed by atoms with Crippen LogP contribution in [0.2, 0.25) is 0 Å². The molecule has 0 radical (unpaired) electrons. The number of amides is 2. The zero-order chi connectivity index (χ0) is 18.1. The predicted molar refractivity (Wildman–Crippen MR) is 92.7 cm³/mol. The maximum absolute atomic E-state index is 12.2. The first kappa shape index (κ1) is 20.1. The van der Waals surface area contributed by atoms with Crippen LogP contribution in [0.5, 0.6) is 0 Å². The van der Waals surface area contributed by atoms with Crippen molar-refractivity contribution in [2.24, 2.45) is 0 Å². The summed E-state index contributed by atoms with van der Waals surface area (Å²) in [6, 6.07) is 9.63. The molecule has 1 N–H and O–H groups in total. The van der Waals surface area contributed by atoms with Crippen molar-refractivity contribution in [1.82, 2.24) is 10.2 Å². The van der Waals surface area contributed by atoms with Crippen LogP contribution in [0.3, 0.4) is 0 Å². The molecule has 2 amide bonds. The average Bonchev–Trinajstić information content (AvgIpc) is 2.60. The number of hydrogen-bond donors (Lipinski definition) is 1. The van der Waals surface area contributed by atoms with Crippen LogP contribution in [0.25, 0.3) is 0 Å². The largest absolute Gasteiger partial charge is 0.372 e. The van der Waals surface area contributed by atoms with Crippen LogP contribution in [-0.2, 0) is 25.5 Å². The minimum Gasteiger partial charge on any atom is -0.372 e. The van der Waals surface area contributed by atoms with Gasteiger partial charge in [-0.2, -0.15) is 0 Å². The zero-order valence-corrected chi connectivity index (χ0v) is 15.1. The smallest absolute Gasteiger partial charge is 0.251 e. The van der Waals surface area contributed by atoms with Gasteiger partial charge in [0.05, 0.1) is 6.04 Å². The van der Waals surface area contributed by atoms with Crippen molar-refractivity contribution in [2.45, 2.75) is 38.5 Å². The summed E-state index contributed by atoms with van der Waals surface area (Å²) >= 11 is 0. The topological polar surface area (TPSA) is 67.9 Å². The molecule has 0 aliphatic carbocycles. The highest BCUT2D eigenvalue weighted by molar-refractivity contribution is 5.81. The highest BCUT2D eigenvalue weighted by atomic mass is 16.5. The Morgan fingerprint density at radius 2 is 1.67 bits per heavy atom. The molecule has 1 rings (SSSR count). The third kappa shape index (κ3) is 6.29. The van der Waals surface area contributed by atoms with Crippen LogP contribution >= 0.6 is 0 Å². The maximum atomic E-state index is 12.2. The Bertz CT molecular complexity index is 521. The zero-order valence-electron chi connectivity index (χ0n) is 15.1. The number of benzene rings is 1. The summed E-state index contributed by atoms with van der Waals surface area (Å²) < 4.78 is 10.1. The molecule has 6 nitrogen and oxygen atoms in total. The van der Waals surface area contributed by atoms with Crippen molar-refractivity contribution in [1.29, 1.82) is 0 Å². The van der Waals surface area contributed by atoms with Gasteiger partial charge in [-0.3, -0.25) is 9.59 Å². The van der Waals surface area contributed by atoms with Crippen molar-refractivity contribution >= 4 is 11.8 Å². The Morgan fingerprint density at radius 1 is 1.08 bits per heavy atom. The maximum Gasteiger partial charge on any atom is 0.251 e. The molecule has 0 aromatic heterocycles. The highest BCUT2D eigenvalue weighted by Gasteiger charge is 2.23. The lowest BCUT2D eigenvalue weighted by Crippen LogP contribution is -2.49. The molecule has 0 bridgehead atoms. The van der Waals surface area contributed by atoms with E-state index in [-0.39, 0.29) is 17.9 Å². The van der Waals surface area contributed by atoms with Gasteiger partial charge in [0, 0.05) is 27.8 Å². The lowest BCUT2D eigenvalue weighted by molar-refractivity contribution is -0.140. The van der Waals surface area contributed by atoms with Crippen LogP contribution in [0.15, 0.2) is 30.3 Å². The number of rotatable bonds is 9. The predicted octanol–water partition coefficient (Wildman–Crippen LogP) is 1.24. The van der Waals surface area contributed by atoms with Gasteiger partial charge in [0.2, 0.25) is 5.91 Å². The highest BCUT2D eigenvalue weighted by Crippen LogP contribution is 2.06. The number of ether oxygens (including phenoxy) is 2. The summed E-state index contributed by atoms with van der Waals surface area (Å²) in [5.41, 5.74) is 1.09. The number of nitrogens with zero attached hydrogens (tertiary/aromatic N) is 1. The van der Waals surface area contributed by atoms with Crippen molar-refractivity contribution in [3.63, 3.8) is 0 Å². The van der Waals surface area contributed by atoms with Crippen LogP contribution in [0.1, 0.15) is 19.4 Å². The van der Waals surface area contributed by atoms with Crippen LogP contribution < -0.4 is 5.32 Å². The molecule has 0 saturated carbocycles. The van der Waals surface area contributed by atoms with Crippen LogP contribution in [-0.4, -0.2) is 62.8 Å². The van der Waals surface area contributed by atoms with E-state index in [1.165, 1.54) is 14.2 Å². The minimum absolute atomic E-state index is 0.121. The standard InChI is InChI=1S/C18H28N2O4/c1-13(23-4)17(21)19-16(11-15-9-7-6-8-10-15)12-20(3)18(22)14(2)24-5/h6-10,13-14,16H,11-12H2,1-5H3,(H,19,21)/t13-,14+,16-/m1/s1. The second kappa shape index (κ2) is 10.1. The van der Waals surface area contributed by atoms with E-state index < -0.39 is 12.2 Å². The van der Waals surface area contributed by atoms with Gasteiger partial charge >= 0.3 is 0 Å². The molecule has 24 heavy (non-hydrogen) atoms. The molecule has 0 unspecified atom stereocenters. The summed E-state index contributed by atoms with van der Waals surface area (Å²) in [6.45, 7) is 3.79. The van der Waals surface area contributed by atoms with Crippen LogP contribution in [0.4, 0.5) is 0 Å². The van der Waals surface area contributed by atoms with E-state index in [9.17, 15) is 9.59 Å². The normalized spacial score (nSPS) is 14.5. The molecule has 0 spiro atoms.